The summed E-state index contributed by atoms with van der Waals surface area (Å²) in [5.74, 6) is -0.677. The molecule has 0 fully saturated rings. The van der Waals surface area contributed by atoms with Crippen LogP contribution in [0.4, 0.5) is 0 Å². The number of hydrogen-bond acceptors (Lipinski definition) is 5. The molecule has 0 aliphatic rings. The first-order valence-electron chi connectivity index (χ1n) is 7.69. The molecule has 1 aromatic rings. The van der Waals surface area contributed by atoms with Gasteiger partial charge in [0, 0.05) is 18.9 Å². The summed E-state index contributed by atoms with van der Waals surface area (Å²) in [7, 11) is -3.95. The highest BCUT2D eigenvalue weighted by molar-refractivity contribution is 7.85. The molecule has 1 amide bonds. The summed E-state index contributed by atoms with van der Waals surface area (Å²) in [6.07, 6.45) is 3.14. The third-order valence-corrected chi connectivity index (χ3v) is 3.93. The molecule has 0 saturated carbocycles. The van der Waals surface area contributed by atoms with Gasteiger partial charge in [0.25, 0.3) is 16.0 Å². The second-order valence-corrected chi connectivity index (χ2v) is 6.33. The van der Waals surface area contributed by atoms with Crippen LogP contribution in [0.2, 0.25) is 0 Å². The fraction of sp³-hybridized carbons (Fsp3) is 0.600. The van der Waals surface area contributed by atoms with E-state index in [1.165, 1.54) is 25.8 Å². The Balaban J connectivity index is 0.000000585. The molecular weight excluding hydrogens is 318 g/mol. The Hall–Kier alpha value is -1.51. The van der Waals surface area contributed by atoms with Gasteiger partial charge in [0.1, 0.15) is 0 Å². The molecule has 7 nitrogen and oxygen atoms in total. The molecular formula is C15H27N3O4S. The van der Waals surface area contributed by atoms with Crippen LogP contribution >= 0.6 is 0 Å². The van der Waals surface area contributed by atoms with Gasteiger partial charge in [-0.15, -0.1) is 0 Å². The average Bonchev–Trinajstić information content (AvgIpc) is 2.53. The summed E-state index contributed by atoms with van der Waals surface area (Å²) in [4.78, 5) is 17.6. The van der Waals surface area contributed by atoms with Crippen molar-refractivity contribution in [3.63, 3.8) is 0 Å². The Labute approximate surface area is 138 Å². The predicted octanol–water partition coefficient (Wildman–Crippen LogP) is 1.44. The number of aromatic nitrogens is 1. The van der Waals surface area contributed by atoms with Crippen molar-refractivity contribution >= 4 is 16.0 Å². The largest absolute Gasteiger partial charge is 0.352 e. The molecule has 2 N–H and O–H groups in total. The van der Waals surface area contributed by atoms with E-state index >= 15 is 0 Å². The van der Waals surface area contributed by atoms with Crippen LogP contribution in [0.25, 0.3) is 0 Å². The first-order chi connectivity index (χ1) is 10.8. The van der Waals surface area contributed by atoms with Crippen molar-refractivity contribution in [1.82, 2.24) is 15.2 Å². The Bertz CT molecular complexity index is 525. The zero-order valence-electron chi connectivity index (χ0n) is 14.0. The van der Waals surface area contributed by atoms with Gasteiger partial charge in [-0.05, 0) is 38.2 Å². The fourth-order valence-corrected chi connectivity index (χ4v) is 2.24. The van der Waals surface area contributed by atoms with Gasteiger partial charge in [-0.3, -0.25) is 14.3 Å². The highest BCUT2D eigenvalue weighted by Crippen LogP contribution is 1.95. The summed E-state index contributed by atoms with van der Waals surface area (Å²) < 4.78 is 29.2. The summed E-state index contributed by atoms with van der Waals surface area (Å²) in [5.41, 5.74) is 0.411. The number of carbonyl (C=O) groups excluding carboxylic acids is 1. The standard InChI is InChI=1S/C9H12N2O4S.C6H15N/c12-9(8-3-1-4-10-7-8)11-5-2-6-16(13,14)15;1-4-7(5-2)6-3/h1,3-4,7H,2,5-6H2,(H,11,12)(H,13,14,15);4-6H2,1-3H3. The fourth-order valence-electron chi connectivity index (χ4n) is 1.73. The van der Waals surface area contributed by atoms with Crippen LogP contribution in [-0.4, -0.2) is 60.7 Å². The zero-order chi connectivity index (χ0) is 17.7. The smallest absolute Gasteiger partial charge is 0.264 e. The number of nitrogens with one attached hydrogen (secondary N) is 1. The summed E-state index contributed by atoms with van der Waals surface area (Å²) in [6.45, 7) is 10.3. The molecule has 0 aliphatic carbocycles. The molecule has 0 unspecified atom stereocenters. The van der Waals surface area contributed by atoms with Crippen molar-refractivity contribution in [2.45, 2.75) is 27.2 Å². The van der Waals surface area contributed by atoms with Gasteiger partial charge >= 0.3 is 0 Å². The van der Waals surface area contributed by atoms with Gasteiger partial charge in [0.05, 0.1) is 11.3 Å². The first-order valence-corrected chi connectivity index (χ1v) is 9.30. The van der Waals surface area contributed by atoms with Crippen molar-refractivity contribution in [1.29, 1.82) is 0 Å². The minimum atomic E-state index is -3.95. The van der Waals surface area contributed by atoms with Gasteiger partial charge in [0.2, 0.25) is 0 Å². The molecule has 0 aromatic carbocycles. The van der Waals surface area contributed by atoms with E-state index < -0.39 is 10.1 Å². The van der Waals surface area contributed by atoms with E-state index in [-0.39, 0.29) is 24.6 Å². The van der Waals surface area contributed by atoms with E-state index in [0.29, 0.717) is 5.56 Å². The Morgan fingerprint density at radius 2 is 1.87 bits per heavy atom. The number of nitrogens with zero attached hydrogens (tertiary/aromatic N) is 2. The molecule has 1 heterocycles. The Morgan fingerprint density at radius 3 is 2.26 bits per heavy atom. The highest BCUT2D eigenvalue weighted by atomic mass is 32.2. The molecule has 132 valence electrons. The lowest BCUT2D eigenvalue weighted by Gasteiger charge is -2.13. The van der Waals surface area contributed by atoms with Crippen LogP contribution in [0, 0.1) is 0 Å². The number of amides is 1. The van der Waals surface area contributed by atoms with E-state index in [4.69, 9.17) is 4.55 Å². The van der Waals surface area contributed by atoms with Crippen LogP contribution in [0.3, 0.4) is 0 Å². The number of rotatable bonds is 8. The quantitative estimate of drug-likeness (QED) is 0.546. The van der Waals surface area contributed by atoms with Gasteiger partial charge in [-0.2, -0.15) is 8.42 Å². The lowest BCUT2D eigenvalue weighted by molar-refractivity contribution is 0.0953. The zero-order valence-corrected chi connectivity index (χ0v) is 14.8. The minimum absolute atomic E-state index is 0.171. The molecule has 23 heavy (non-hydrogen) atoms. The summed E-state index contributed by atoms with van der Waals surface area (Å²) in [5, 5.41) is 2.52. The lowest BCUT2D eigenvalue weighted by atomic mass is 10.2. The summed E-state index contributed by atoms with van der Waals surface area (Å²) in [6, 6.07) is 3.23. The van der Waals surface area contributed by atoms with Gasteiger partial charge < -0.3 is 10.2 Å². The molecule has 0 atom stereocenters. The molecule has 0 radical (unpaired) electrons. The van der Waals surface area contributed by atoms with Crippen LogP contribution in [0.1, 0.15) is 37.6 Å². The van der Waals surface area contributed by atoms with Crippen LogP contribution in [-0.2, 0) is 10.1 Å². The molecule has 0 bridgehead atoms. The normalized spacial score (nSPS) is 10.8. The topological polar surface area (TPSA) is 99.6 Å². The second kappa shape index (κ2) is 12.0. The van der Waals surface area contributed by atoms with Crippen molar-refractivity contribution < 1.29 is 17.8 Å². The Morgan fingerprint density at radius 1 is 1.26 bits per heavy atom. The predicted molar refractivity (Wildman–Crippen MR) is 91.1 cm³/mol. The van der Waals surface area contributed by atoms with Crippen LogP contribution < -0.4 is 5.32 Å². The van der Waals surface area contributed by atoms with Crippen molar-refractivity contribution in [3.8, 4) is 0 Å². The highest BCUT2D eigenvalue weighted by Gasteiger charge is 2.06. The second-order valence-electron chi connectivity index (χ2n) is 4.76. The van der Waals surface area contributed by atoms with Gasteiger partial charge in [-0.1, -0.05) is 20.8 Å². The number of pyridine rings is 1. The molecule has 0 spiro atoms. The van der Waals surface area contributed by atoms with Crippen LogP contribution in [0.5, 0.6) is 0 Å². The molecule has 0 aliphatic heterocycles. The molecule has 1 rings (SSSR count). The number of hydrogen-bond donors (Lipinski definition) is 2. The Kier molecular flexibility index (Phi) is 11.2. The molecule has 8 heteroatoms. The van der Waals surface area contributed by atoms with E-state index in [2.05, 4.69) is 36.0 Å². The average molecular weight is 345 g/mol. The van der Waals surface area contributed by atoms with E-state index in [1.54, 1.807) is 18.3 Å². The number of carbonyl (C=O) groups is 1. The van der Waals surface area contributed by atoms with Crippen molar-refractivity contribution in [3.05, 3.63) is 30.1 Å². The van der Waals surface area contributed by atoms with Gasteiger partial charge in [0.15, 0.2) is 0 Å². The third-order valence-electron chi connectivity index (χ3n) is 3.13. The van der Waals surface area contributed by atoms with E-state index in [0.717, 1.165) is 0 Å². The van der Waals surface area contributed by atoms with Crippen LogP contribution in [0.15, 0.2) is 24.5 Å². The van der Waals surface area contributed by atoms with Gasteiger partial charge in [-0.25, -0.2) is 0 Å². The third kappa shape index (κ3) is 11.7. The lowest BCUT2D eigenvalue weighted by Crippen LogP contribution is -2.25. The van der Waals surface area contributed by atoms with E-state index in [1.807, 2.05) is 0 Å². The maximum atomic E-state index is 11.4. The van der Waals surface area contributed by atoms with E-state index in [9.17, 15) is 13.2 Å². The molecule has 0 saturated heterocycles. The maximum Gasteiger partial charge on any atom is 0.264 e. The molecule has 1 aromatic heterocycles. The summed E-state index contributed by atoms with van der Waals surface area (Å²) >= 11 is 0. The maximum absolute atomic E-state index is 11.4. The monoisotopic (exact) mass is 345 g/mol. The minimum Gasteiger partial charge on any atom is -0.352 e. The first kappa shape index (κ1) is 21.5. The van der Waals surface area contributed by atoms with Crippen molar-refractivity contribution in [2.24, 2.45) is 0 Å². The van der Waals surface area contributed by atoms with Crippen molar-refractivity contribution in [2.75, 3.05) is 31.9 Å². The SMILES string of the molecule is CCN(CC)CC.O=C(NCCCS(=O)(=O)O)c1cccnc1.